The standard InChI is InChI=1S/C25H25FN8O2/c1-17-24(34-16-23(31-32-34)25(35)29-14-18-3-2-4-27-13-18)12-21(15-28-17)30-20-9-19(26)10-22(11-20)33-5-7-36-8-6-33/h2-4,9-13,15-16,30H,5-8,14H2,1H3,(H,29,35). The lowest BCUT2D eigenvalue weighted by atomic mass is 10.2. The van der Waals surface area contributed by atoms with Gasteiger partial charge in [0.15, 0.2) is 5.69 Å². The molecule has 10 nitrogen and oxygen atoms in total. The number of aryl methyl sites for hydroxylation is 1. The molecule has 36 heavy (non-hydrogen) atoms. The molecule has 1 amide bonds. The smallest absolute Gasteiger partial charge is 0.273 e. The molecule has 0 spiro atoms. The van der Waals surface area contributed by atoms with Crippen LogP contribution in [0, 0.1) is 12.7 Å². The summed E-state index contributed by atoms with van der Waals surface area (Å²) in [4.78, 5) is 23.1. The van der Waals surface area contributed by atoms with E-state index in [-0.39, 0.29) is 17.4 Å². The molecule has 1 aliphatic heterocycles. The molecule has 0 atom stereocenters. The summed E-state index contributed by atoms with van der Waals surface area (Å²) in [6.07, 6.45) is 6.57. The lowest BCUT2D eigenvalue weighted by molar-refractivity contribution is 0.0945. The minimum Gasteiger partial charge on any atom is -0.378 e. The van der Waals surface area contributed by atoms with Gasteiger partial charge in [-0.1, -0.05) is 11.3 Å². The normalized spacial score (nSPS) is 13.4. The number of hydrogen-bond donors (Lipinski definition) is 2. The third kappa shape index (κ3) is 5.47. The number of nitrogens with zero attached hydrogens (tertiary/aromatic N) is 6. The third-order valence-corrected chi connectivity index (χ3v) is 5.76. The van der Waals surface area contributed by atoms with Crippen molar-refractivity contribution in [2.75, 3.05) is 36.5 Å². The van der Waals surface area contributed by atoms with Crippen LogP contribution in [-0.2, 0) is 11.3 Å². The van der Waals surface area contributed by atoms with E-state index in [0.29, 0.717) is 55.6 Å². The van der Waals surface area contributed by atoms with Gasteiger partial charge in [0.25, 0.3) is 5.91 Å². The number of carbonyl (C=O) groups excluding carboxylic acids is 1. The van der Waals surface area contributed by atoms with Gasteiger partial charge in [0, 0.05) is 43.4 Å². The average molecular weight is 489 g/mol. The van der Waals surface area contributed by atoms with Crippen LogP contribution in [0.3, 0.4) is 0 Å². The third-order valence-electron chi connectivity index (χ3n) is 5.76. The zero-order chi connectivity index (χ0) is 24.9. The first-order chi connectivity index (χ1) is 17.5. The second-order valence-corrected chi connectivity index (χ2v) is 8.34. The lowest BCUT2D eigenvalue weighted by Crippen LogP contribution is -2.36. The summed E-state index contributed by atoms with van der Waals surface area (Å²) in [5.74, 6) is -0.680. The number of morpholine rings is 1. The Balaban J connectivity index is 1.31. The van der Waals surface area contributed by atoms with Crippen molar-refractivity contribution in [1.82, 2.24) is 30.3 Å². The van der Waals surface area contributed by atoms with Crippen molar-refractivity contribution < 1.29 is 13.9 Å². The number of halogens is 1. The van der Waals surface area contributed by atoms with Crippen LogP contribution in [-0.4, -0.2) is 57.2 Å². The van der Waals surface area contributed by atoms with Crippen molar-refractivity contribution >= 4 is 23.0 Å². The van der Waals surface area contributed by atoms with Gasteiger partial charge in [0.2, 0.25) is 0 Å². The second-order valence-electron chi connectivity index (χ2n) is 8.34. The summed E-state index contributed by atoms with van der Waals surface area (Å²) in [7, 11) is 0. The van der Waals surface area contributed by atoms with Crippen LogP contribution >= 0.6 is 0 Å². The van der Waals surface area contributed by atoms with Gasteiger partial charge < -0.3 is 20.3 Å². The number of pyridine rings is 2. The molecular formula is C25H25FN8O2. The fourth-order valence-electron chi connectivity index (χ4n) is 3.90. The molecule has 11 heteroatoms. The molecular weight excluding hydrogens is 463 g/mol. The summed E-state index contributed by atoms with van der Waals surface area (Å²) in [5, 5.41) is 14.1. The van der Waals surface area contributed by atoms with Crippen molar-refractivity contribution in [2.45, 2.75) is 13.5 Å². The fourth-order valence-corrected chi connectivity index (χ4v) is 3.90. The summed E-state index contributed by atoms with van der Waals surface area (Å²) < 4.78 is 21.3. The maximum absolute atomic E-state index is 14.4. The number of hydrogen-bond acceptors (Lipinski definition) is 8. The number of nitrogens with one attached hydrogen (secondary N) is 2. The van der Waals surface area contributed by atoms with E-state index in [9.17, 15) is 9.18 Å². The van der Waals surface area contributed by atoms with Crippen LogP contribution in [0.2, 0.25) is 0 Å². The zero-order valence-electron chi connectivity index (χ0n) is 19.7. The molecule has 2 N–H and O–H groups in total. The van der Waals surface area contributed by atoms with Crippen molar-refractivity contribution in [1.29, 1.82) is 0 Å². The Hall–Kier alpha value is -4.38. The molecule has 0 aliphatic carbocycles. The highest BCUT2D eigenvalue weighted by Crippen LogP contribution is 2.26. The average Bonchev–Trinajstić information content (AvgIpc) is 3.39. The molecule has 0 radical (unpaired) electrons. The van der Waals surface area contributed by atoms with E-state index < -0.39 is 0 Å². The zero-order valence-corrected chi connectivity index (χ0v) is 19.7. The van der Waals surface area contributed by atoms with Gasteiger partial charge in [0.1, 0.15) is 5.82 Å². The second kappa shape index (κ2) is 10.5. The van der Waals surface area contributed by atoms with E-state index in [1.165, 1.54) is 16.8 Å². The molecule has 0 bridgehead atoms. The Morgan fingerprint density at radius 2 is 2.00 bits per heavy atom. The molecule has 5 rings (SSSR count). The fraction of sp³-hybridized carbons (Fsp3) is 0.240. The maximum atomic E-state index is 14.4. The van der Waals surface area contributed by atoms with E-state index in [4.69, 9.17) is 4.74 Å². The maximum Gasteiger partial charge on any atom is 0.273 e. The first-order valence-electron chi connectivity index (χ1n) is 11.5. The van der Waals surface area contributed by atoms with Gasteiger partial charge in [-0.2, -0.15) is 0 Å². The van der Waals surface area contributed by atoms with Crippen LogP contribution in [0.15, 0.2) is 61.2 Å². The Morgan fingerprint density at radius 3 is 2.81 bits per heavy atom. The molecule has 4 aromatic rings. The Labute approximate surface area is 207 Å². The minimum atomic E-state index is -0.347. The molecule has 0 unspecified atom stereocenters. The molecule has 3 aromatic heterocycles. The molecule has 0 saturated carbocycles. The molecule has 1 aliphatic rings. The molecule has 4 heterocycles. The highest BCUT2D eigenvalue weighted by molar-refractivity contribution is 5.91. The van der Waals surface area contributed by atoms with Crippen LogP contribution in [0.4, 0.5) is 21.5 Å². The van der Waals surface area contributed by atoms with Crippen LogP contribution in [0.25, 0.3) is 5.69 Å². The van der Waals surface area contributed by atoms with Crippen molar-refractivity contribution in [3.8, 4) is 5.69 Å². The largest absolute Gasteiger partial charge is 0.378 e. The van der Waals surface area contributed by atoms with Gasteiger partial charge in [-0.25, -0.2) is 9.07 Å². The quantitative estimate of drug-likeness (QED) is 0.409. The Morgan fingerprint density at radius 1 is 1.14 bits per heavy atom. The van der Waals surface area contributed by atoms with Crippen LogP contribution in [0.5, 0.6) is 0 Å². The van der Waals surface area contributed by atoms with Crippen molar-refractivity contribution in [3.05, 3.63) is 84.0 Å². The number of rotatable bonds is 7. The summed E-state index contributed by atoms with van der Waals surface area (Å²) in [5.41, 5.74) is 4.43. The predicted molar refractivity (Wildman–Crippen MR) is 132 cm³/mol. The summed E-state index contributed by atoms with van der Waals surface area (Å²) in [6.45, 7) is 4.83. The first-order valence-corrected chi connectivity index (χ1v) is 11.5. The number of amides is 1. The summed E-state index contributed by atoms with van der Waals surface area (Å²) in [6, 6.07) is 10.4. The molecule has 1 fully saturated rings. The minimum absolute atomic E-state index is 0.178. The van der Waals surface area contributed by atoms with Crippen LogP contribution < -0.4 is 15.5 Å². The molecule has 184 valence electrons. The van der Waals surface area contributed by atoms with Gasteiger partial charge in [-0.05, 0) is 42.8 Å². The number of anilines is 3. The van der Waals surface area contributed by atoms with Gasteiger partial charge in [-0.3, -0.25) is 14.8 Å². The number of aromatic nitrogens is 5. The van der Waals surface area contributed by atoms with E-state index in [1.54, 1.807) is 24.8 Å². The number of benzene rings is 1. The van der Waals surface area contributed by atoms with Gasteiger partial charge >= 0.3 is 0 Å². The first kappa shape index (κ1) is 23.4. The van der Waals surface area contributed by atoms with Gasteiger partial charge in [0.05, 0.1) is 42.7 Å². The van der Waals surface area contributed by atoms with E-state index in [0.717, 1.165) is 11.3 Å². The van der Waals surface area contributed by atoms with E-state index in [2.05, 4.69) is 35.8 Å². The molecule has 1 aromatic carbocycles. The van der Waals surface area contributed by atoms with Crippen molar-refractivity contribution in [3.63, 3.8) is 0 Å². The highest BCUT2D eigenvalue weighted by Gasteiger charge is 2.15. The molecule has 1 saturated heterocycles. The highest BCUT2D eigenvalue weighted by atomic mass is 19.1. The van der Waals surface area contributed by atoms with E-state index >= 15 is 0 Å². The van der Waals surface area contributed by atoms with Crippen LogP contribution in [0.1, 0.15) is 21.7 Å². The predicted octanol–water partition coefficient (Wildman–Crippen LogP) is 3.02. The number of ether oxygens (including phenoxy) is 1. The number of carbonyl (C=O) groups is 1. The Bertz CT molecular complexity index is 1360. The monoisotopic (exact) mass is 488 g/mol. The topological polar surface area (TPSA) is 110 Å². The van der Waals surface area contributed by atoms with Gasteiger partial charge in [-0.15, -0.1) is 5.10 Å². The summed E-state index contributed by atoms with van der Waals surface area (Å²) >= 11 is 0. The lowest BCUT2D eigenvalue weighted by Gasteiger charge is -2.29. The SMILES string of the molecule is Cc1ncc(Nc2cc(F)cc(N3CCOCC3)c2)cc1-n1cc(C(=O)NCc2cccnc2)nn1. The van der Waals surface area contributed by atoms with E-state index in [1.807, 2.05) is 31.2 Å². The van der Waals surface area contributed by atoms with Crippen molar-refractivity contribution in [2.24, 2.45) is 0 Å². The Kier molecular flexibility index (Phi) is 6.80.